The average molecular weight is 282 g/mol. The molecule has 100 valence electrons. The van der Waals surface area contributed by atoms with E-state index >= 15 is 0 Å². The van der Waals surface area contributed by atoms with Gasteiger partial charge in [0.15, 0.2) is 0 Å². The summed E-state index contributed by atoms with van der Waals surface area (Å²) in [5.74, 6) is -0.533. The summed E-state index contributed by atoms with van der Waals surface area (Å²) in [5.41, 5.74) is 10.9. The molecular weight excluding hydrogens is 271 g/mol. The van der Waals surface area contributed by atoms with Gasteiger partial charge in [0, 0.05) is 11.3 Å². The first-order chi connectivity index (χ1) is 9.10. The largest absolute Gasteiger partial charge is 0.415 e. The summed E-state index contributed by atoms with van der Waals surface area (Å²) < 4.78 is 18.9. The van der Waals surface area contributed by atoms with Crippen LogP contribution in [0.15, 0.2) is 27.8 Å². The second kappa shape index (κ2) is 5.81. The molecule has 0 fully saturated rings. The van der Waals surface area contributed by atoms with Crippen molar-refractivity contribution in [1.82, 2.24) is 10.2 Å². The van der Waals surface area contributed by atoms with Crippen molar-refractivity contribution in [2.45, 2.75) is 17.5 Å². The molecule has 1 amide bonds. The number of primary amides is 1. The number of thioether (sulfide) groups is 1. The van der Waals surface area contributed by atoms with Crippen molar-refractivity contribution in [3.63, 3.8) is 0 Å². The Morgan fingerprint density at radius 1 is 1.42 bits per heavy atom. The Labute approximate surface area is 112 Å². The molecule has 2 aromatic rings. The van der Waals surface area contributed by atoms with Crippen molar-refractivity contribution in [2.24, 2.45) is 11.5 Å². The second-order valence-corrected chi connectivity index (χ2v) is 4.55. The molecule has 0 atom stereocenters. The lowest BCUT2D eigenvalue weighted by atomic mass is 10.1. The first-order valence-corrected chi connectivity index (χ1v) is 6.32. The molecule has 6 nitrogen and oxygen atoms in total. The molecule has 0 saturated carbocycles. The lowest BCUT2D eigenvalue weighted by Crippen LogP contribution is -2.11. The minimum absolute atomic E-state index is 0.134. The Balaban J connectivity index is 2.05. The monoisotopic (exact) mass is 282 g/mol. The summed E-state index contributed by atoms with van der Waals surface area (Å²) in [6.45, 7) is 0.162. The van der Waals surface area contributed by atoms with E-state index in [1.54, 1.807) is 0 Å². The van der Waals surface area contributed by atoms with Gasteiger partial charge in [-0.1, -0.05) is 17.8 Å². The first-order valence-electron chi connectivity index (χ1n) is 5.33. The van der Waals surface area contributed by atoms with E-state index in [0.29, 0.717) is 22.4 Å². The molecule has 4 N–H and O–H groups in total. The van der Waals surface area contributed by atoms with Crippen molar-refractivity contribution in [3.8, 4) is 0 Å². The Kier molecular flexibility index (Phi) is 4.13. The molecule has 0 unspecified atom stereocenters. The fourth-order valence-electron chi connectivity index (χ4n) is 1.34. The molecule has 0 bridgehead atoms. The highest BCUT2D eigenvalue weighted by atomic mass is 32.2. The van der Waals surface area contributed by atoms with Crippen LogP contribution in [0.3, 0.4) is 0 Å². The highest BCUT2D eigenvalue weighted by Gasteiger charge is 2.10. The summed E-state index contributed by atoms with van der Waals surface area (Å²) in [5, 5.41) is 7.75. The van der Waals surface area contributed by atoms with E-state index in [2.05, 4.69) is 10.2 Å². The smallest absolute Gasteiger partial charge is 0.276 e. The fraction of sp³-hybridized carbons (Fsp3) is 0.182. The normalized spacial score (nSPS) is 10.6. The summed E-state index contributed by atoms with van der Waals surface area (Å²) in [7, 11) is 0. The lowest BCUT2D eigenvalue weighted by Gasteiger charge is -2.02. The van der Waals surface area contributed by atoms with Gasteiger partial charge in [0.25, 0.3) is 5.22 Å². The van der Waals surface area contributed by atoms with Gasteiger partial charge >= 0.3 is 0 Å². The van der Waals surface area contributed by atoms with Crippen LogP contribution in [-0.2, 0) is 12.3 Å². The van der Waals surface area contributed by atoms with Crippen molar-refractivity contribution in [3.05, 3.63) is 41.0 Å². The molecule has 8 heteroatoms. The van der Waals surface area contributed by atoms with E-state index in [9.17, 15) is 9.18 Å². The van der Waals surface area contributed by atoms with Crippen LogP contribution >= 0.6 is 11.8 Å². The van der Waals surface area contributed by atoms with Gasteiger partial charge in [0.2, 0.25) is 11.8 Å². The molecule has 0 saturated heterocycles. The maximum atomic E-state index is 13.7. The average Bonchev–Trinajstić information content (AvgIpc) is 2.85. The van der Waals surface area contributed by atoms with Crippen LogP contribution in [0.25, 0.3) is 0 Å². The molecule has 2 rings (SSSR count). The number of aromatic nitrogens is 2. The van der Waals surface area contributed by atoms with Gasteiger partial charge in [-0.05, 0) is 17.7 Å². The standard InChI is InChI=1S/C11H11FN4O2S/c12-8-3-6(10(14)17)1-2-7(8)5-19-11-16-15-9(4-13)18-11/h1-3H,4-5,13H2,(H2,14,17). The van der Waals surface area contributed by atoms with Crippen molar-refractivity contribution in [2.75, 3.05) is 0 Å². The topological polar surface area (TPSA) is 108 Å². The molecule has 0 radical (unpaired) electrons. The number of benzene rings is 1. The lowest BCUT2D eigenvalue weighted by molar-refractivity contribution is 0.1000. The van der Waals surface area contributed by atoms with Crippen molar-refractivity contribution >= 4 is 17.7 Å². The van der Waals surface area contributed by atoms with Gasteiger partial charge in [-0.2, -0.15) is 0 Å². The third-order valence-corrected chi connectivity index (χ3v) is 3.18. The highest BCUT2D eigenvalue weighted by molar-refractivity contribution is 7.98. The molecule has 0 aliphatic heterocycles. The number of amides is 1. The van der Waals surface area contributed by atoms with Crippen LogP contribution < -0.4 is 11.5 Å². The zero-order chi connectivity index (χ0) is 13.8. The number of nitrogens with two attached hydrogens (primary N) is 2. The number of rotatable bonds is 5. The SMILES string of the molecule is NCc1nnc(SCc2ccc(C(N)=O)cc2F)o1. The van der Waals surface area contributed by atoms with Crippen molar-refractivity contribution < 1.29 is 13.6 Å². The summed E-state index contributed by atoms with van der Waals surface area (Å²) in [4.78, 5) is 10.9. The Bertz CT molecular complexity index is 602. The van der Waals surface area contributed by atoms with Gasteiger partial charge < -0.3 is 15.9 Å². The molecule has 1 heterocycles. The number of carbonyl (C=O) groups excluding carboxylic acids is 1. The van der Waals surface area contributed by atoms with E-state index in [0.717, 1.165) is 6.07 Å². The highest BCUT2D eigenvalue weighted by Crippen LogP contribution is 2.23. The minimum Gasteiger partial charge on any atom is -0.415 e. The van der Waals surface area contributed by atoms with E-state index in [1.807, 2.05) is 0 Å². The molecule has 1 aromatic heterocycles. The second-order valence-electron chi connectivity index (χ2n) is 3.62. The molecule has 19 heavy (non-hydrogen) atoms. The van der Waals surface area contributed by atoms with E-state index in [-0.39, 0.29) is 12.1 Å². The summed E-state index contributed by atoms with van der Waals surface area (Å²) in [6, 6.07) is 4.08. The zero-order valence-electron chi connectivity index (χ0n) is 9.80. The summed E-state index contributed by atoms with van der Waals surface area (Å²) >= 11 is 1.19. The minimum atomic E-state index is -0.664. The van der Waals surface area contributed by atoms with Crippen LogP contribution in [0.1, 0.15) is 21.8 Å². The number of hydrogen-bond acceptors (Lipinski definition) is 6. The van der Waals surface area contributed by atoms with E-state index in [4.69, 9.17) is 15.9 Å². The Morgan fingerprint density at radius 3 is 2.79 bits per heavy atom. The molecular formula is C11H11FN4O2S. The maximum Gasteiger partial charge on any atom is 0.276 e. The van der Waals surface area contributed by atoms with Gasteiger partial charge in [0.1, 0.15) is 5.82 Å². The van der Waals surface area contributed by atoms with Crippen LogP contribution in [0.4, 0.5) is 4.39 Å². The van der Waals surface area contributed by atoms with Crippen molar-refractivity contribution in [1.29, 1.82) is 0 Å². The van der Waals surface area contributed by atoms with Crippen LogP contribution in [0, 0.1) is 5.82 Å². The predicted octanol–water partition coefficient (Wildman–Crippen LogP) is 1.06. The quantitative estimate of drug-likeness (QED) is 0.794. The Morgan fingerprint density at radius 2 is 2.21 bits per heavy atom. The number of halogens is 1. The number of carbonyl (C=O) groups is 1. The molecule has 0 spiro atoms. The van der Waals surface area contributed by atoms with Crippen LogP contribution in [0.2, 0.25) is 0 Å². The predicted molar refractivity (Wildman–Crippen MR) is 66.7 cm³/mol. The third kappa shape index (κ3) is 3.30. The maximum absolute atomic E-state index is 13.7. The number of hydrogen-bond donors (Lipinski definition) is 2. The fourth-order valence-corrected chi connectivity index (χ4v) is 2.10. The molecule has 1 aromatic carbocycles. The van der Waals surface area contributed by atoms with Crippen LogP contribution in [-0.4, -0.2) is 16.1 Å². The van der Waals surface area contributed by atoms with Gasteiger partial charge in [-0.25, -0.2) is 4.39 Å². The molecule has 0 aliphatic carbocycles. The van der Waals surface area contributed by atoms with E-state index in [1.165, 1.54) is 23.9 Å². The third-order valence-electron chi connectivity index (χ3n) is 2.31. The molecule has 0 aliphatic rings. The van der Waals surface area contributed by atoms with Crippen LogP contribution in [0.5, 0.6) is 0 Å². The summed E-state index contributed by atoms with van der Waals surface area (Å²) in [6.07, 6.45) is 0. The van der Waals surface area contributed by atoms with Gasteiger partial charge in [0.05, 0.1) is 6.54 Å². The van der Waals surface area contributed by atoms with Gasteiger partial charge in [-0.3, -0.25) is 4.79 Å². The van der Waals surface area contributed by atoms with Gasteiger partial charge in [-0.15, -0.1) is 10.2 Å². The van der Waals surface area contributed by atoms with E-state index < -0.39 is 11.7 Å². The zero-order valence-corrected chi connectivity index (χ0v) is 10.6. The number of nitrogens with zero attached hydrogens (tertiary/aromatic N) is 2. The Hall–Kier alpha value is -1.93. The first kappa shape index (κ1) is 13.5.